The third kappa shape index (κ3) is 4.22. The number of thioether (sulfide) groups is 1. The van der Waals surface area contributed by atoms with Crippen molar-refractivity contribution in [2.45, 2.75) is 43.8 Å². The van der Waals surface area contributed by atoms with Gasteiger partial charge >= 0.3 is 6.43 Å². The number of hydrogen-bond acceptors (Lipinski definition) is 2. The number of carbonyl (C=O) groups excluding carboxylic acids is 1. The minimum atomic E-state index is -2.82. The highest BCUT2D eigenvalue weighted by molar-refractivity contribution is 8.14. The summed E-state index contributed by atoms with van der Waals surface area (Å²) in [5.41, 5.74) is 0. The summed E-state index contributed by atoms with van der Waals surface area (Å²) in [7, 11) is 0. The molecule has 0 heterocycles. The van der Waals surface area contributed by atoms with Gasteiger partial charge in [0.2, 0.25) is 0 Å². The molecule has 0 fully saturated rings. The Morgan fingerprint density at radius 3 is 2.86 bits per heavy atom. The maximum Gasteiger partial charge on any atom is 0.306 e. The molecule has 1 unspecified atom stereocenters. The van der Waals surface area contributed by atoms with E-state index in [4.69, 9.17) is 0 Å². The summed E-state index contributed by atoms with van der Waals surface area (Å²) in [5, 5.41) is -0.933. The molecule has 0 N–H and O–H groups in total. The zero-order valence-electron chi connectivity index (χ0n) is 7.92. The van der Waals surface area contributed by atoms with E-state index >= 15 is 0 Å². The maximum atomic E-state index is 12.0. The number of rotatable bonds is 2. The molecule has 0 saturated carbocycles. The van der Waals surface area contributed by atoms with Gasteiger partial charge in [-0.2, -0.15) is 0 Å². The lowest BCUT2D eigenvalue weighted by Gasteiger charge is -2.14. The van der Waals surface area contributed by atoms with Crippen LogP contribution in [0.1, 0.15) is 32.1 Å². The predicted molar refractivity (Wildman–Crippen MR) is 54.6 cm³/mol. The molecule has 0 aromatic carbocycles. The average Bonchev–Trinajstić information content (AvgIpc) is 2.08. The lowest BCUT2D eigenvalue weighted by atomic mass is 10.1. The van der Waals surface area contributed by atoms with E-state index in [1.165, 1.54) is 0 Å². The van der Waals surface area contributed by atoms with Crippen molar-refractivity contribution in [2.24, 2.45) is 0 Å². The third-order valence-corrected chi connectivity index (χ3v) is 3.35. The van der Waals surface area contributed by atoms with E-state index in [0.29, 0.717) is 0 Å². The van der Waals surface area contributed by atoms with Crippen molar-refractivity contribution in [3.05, 3.63) is 12.2 Å². The summed E-state index contributed by atoms with van der Waals surface area (Å²) < 4.78 is 24.0. The molecule has 0 saturated heterocycles. The summed E-state index contributed by atoms with van der Waals surface area (Å²) in [6.07, 6.45) is 6.04. The number of halogens is 2. The molecule has 0 aliphatic heterocycles. The van der Waals surface area contributed by atoms with Gasteiger partial charge in [0.15, 0.2) is 0 Å². The van der Waals surface area contributed by atoms with E-state index in [0.717, 1.165) is 43.9 Å². The summed E-state index contributed by atoms with van der Waals surface area (Å²) in [6.45, 7) is 0. The normalized spacial score (nSPS) is 25.5. The number of alkyl halides is 2. The maximum absolute atomic E-state index is 12.0. The Kier molecular flexibility index (Phi) is 5.15. The molecule has 1 nitrogen and oxygen atoms in total. The van der Waals surface area contributed by atoms with Crippen LogP contribution < -0.4 is 0 Å². The fraction of sp³-hybridized carbons (Fsp3) is 0.700. The zero-order valence-corrected chi connectivity index (χ0v) is 8.73. The van der Waals surface area contributed by atoms with Crippen LogP contribution in [0.5, 0.6) is 0 Å². The second kappa shape index (κ2) is 6.17. The molecule has 14 heavy (non-hydrogen) atoms. The molecule has 0 amide bonds. The summed E-state index contributed by atoms with van der Waals surface area (Å²) in [5.74, 6) is 0. The van der Waals surface area contributed by atoms with Crippen molar-refractivity contribution in [3.63, 3.8) is 0 Å². The van der Waals surface area contributed by atoms with Crippen LogP contribution in [-0.4, -0.2) is 16.8 Å². The molecule has 0 radical (unpaired) electrons. The van der Waals surface area contributed by atoms with E-state index in [1.807, 2.05) is 6.08 Å². The molecule has 80 valence electrons. The molecule has 4 heteroatoms. The van der Waals surface area contributed by atoms with Gasteiger partial charge in [0, 0.05) is 5.25 Å². The van der Waals surface area contributed by atoms with E-state index in [2.05, 4.69) is 6.08 Å². The monoisotopic (exact) mass is 220 g/mol. The molecule has 0 aromatic heterocycles. The molecular weight excluding hydrogens is 206 g/mol. The second-order valence-electron chi connectivity index (χ2n) is 3.35. The Labute approximate surface area is 86.9 Å². The van der Waals surface area contributed by atoms with Gasteiger partial charge in [-0.05, 0) is 25.7 Å². The predicted octanol–water partition coefficient (Wildman–Crippen LogP) is 3.40. The lowest BCUT2D eigenvalue weighted by Crippen LogP contribution is -2.12. The van der Waals surface area contributed by atoms with E-state index in [1.54, 1.807) is 0 Å². The SMILES string of the molecule is O=C(SC1C/C=C\CCCC1)C(F)F. The Hall–Kier alpha value is -0.380. The number of hydrogen-bond donors (Lipinski definition) is 0. The van der Waals surface area contributed by atoms with Crippen LogP contribution in [0.4, 0.5) is 8.78 Å². The second-order valence-corrected chi connectivity index (χ2v) is 4.66. The zero-order chi connectivity index (χ0) is 10.4. The van der Waals surface area contributed by atoms with Crippen molar-refractivity contribution in [2.75, 3.05) is 0 Å². The topological polar surface area (TPSA) is 17.1 Å². The van der Waals surface area contributed by atoms with Crippen molar-refractivity contribution < 1.29 is 13.6 Å². The molecule has 1 aliphatic rings. The van der Waals surface area contributed by atoms with Crippen LogP contribution in [-0.2, 0) is 4.79 Å². The van der Waals surface area contributed by atoms with Crippen LogP contribution >= 0.6 is 11.8 Å². The van der Waals surface area contributed by atoms with E-state index in [9.17, 15) is 13.6 Å². The summed E-state index contributed by atoms with van der Waals surface area (Å²) >= 11 is 0.811. The van der Waals surface area contributed by atoms with Gasteiger partial charge in [-0.3, -0.25) is 4.79 Å². The van der Waals surface area contributed by atoms with E-state index in [-0.39, 0.29) is 5.25 Å². The molecule has 1 aliphatic carbocycles. The highest BCUT2D eigenvalue weighted by atomic mass is 32.2. The minimum Gasteiger partial charge on any atom is -0.281 e. The fourth-order valence-corrected chi connectivity index (χ4v) is 2.36. The largest absolute Gasteiger partial charge is 0.306 e. The van der Waals surface area contributed by atoms with Gasteiger partial charge < -0.3 is 0 Å². The summed E-state index contributed by atoms with van der Waals surface area (Å²) in [4.78, 5) is 10.8. The summed E-state index contributed by atoms with van der Waals surface area (Å²) in [6, 6.07) is 0. The standard InChI is InChI=1S/C10H14F2OS/c11-9(12)10(13)14-8-6-4-2-1-3-5-7-8/h2,4,8-9H,1,3,5-7H2/b4-2-. The van der Waals surface area contributed by atoms with Crippen LogP contribution in [0, 0.1) is 0 Å². The van der Waals surface area contributed by atoms with Crippen molar-refractivity contribution in [3.8, 4) is 0 Å². The number of allylic oxidation sites excluding steroid dienone is 2. The molecule has 0 aromatic rings. The Balaban J connectivity index is 2.38. The third-order valence-electron chi connectivity index (χ3n) is 2.17. The van der Waals surface area contributed by atoms with Crippen molar-refractivity contribution in [1.29, 1.82) is 0 Å². The smallest absolute Gasteiger partial charge is 0.281 e. The van der Waals surface area contributed by atoms with Gasteiger partial charge in [-0.1, -0.05) is 30.3 Å². The first kappa shape index (κ1) is 11.7. The van der Waals surface area contributed by atoms with Gasteiger partial charge in [0.05, 0.1) is 0 Å². The molecule has 1 rings (SSSR count). The number of carbonyl (C=O) groups is 1. The first-order chi connectivity index (χ1) is 6.70. The van der Waals surface area contributed by atoms with Crippen LogP contribution in [0.15, 0.2) is 12.2 Å². The Morgan fingerprint density at radius 1 is 1.36 bits per heavy atom. The van der Waals surface area contributed by atoms with Crippen LogP contribution in [0.25, 0.3) is 0 Å². The highest BCUT2D eigenvalue weighted by Gasteiger charge is 2.21. The van der Waals surface area contributed by atoms with Crippen LogP contribution in [0.3, 0.4) is 0 Å². The first-order valence-corrected chi connectivity index (χ1v) is 5.72. The Morgan fingerprint density at radius 2 is 2.14 bits per heavy atom. The average molecular weight is 220 g/mol. The van der Waals surface area contributed by atoms with Gasteiger partial charge in [0.1, 0.15) is 0 Å². The Bertz CT molecular complexity index is 216. The van der Waals surface area contributed by atoms with Crippen LogP contribution in [0.2, 0.25) is 0 Å². The quantitative estimate of drug-likeness (QED) is 0.663. The molecule has 0 bridgehead atoms. The van der Waals surface area contributed by atoms with Crippen molar-refractivity contribution in [1.82, 2.24) is 0 Å². The van der Waals surface area contributed by atoms with Gasteiger partial charge in [-0.15, -0.1) is 0 Å². The van der Waals surface area contributed by atoms with E-state index < -0.39 is 11.5 Å². The molecule has 1 atom stereocenters. The molecular formula is C10H14F2OS. The van der Waals surface area contributed by atoms with Gasteiger partial charge in [0.25, 0.3) is 5.12 Å². The fourth-order valence-electron chi connectivity index (χ4n) is 1.44. The van der Waals surface area contributed by atoms with Gasteiger partial charge in [-0.25, -0.2) is 8.78 Å². The van der Waals surface area contributed by atoms with Crippen molar-refractivity contribution >= 4 is 16.9 Å². The minimum absolute atomic E-state index is 0.0491. The first-order valence-electron chi connectivity index (χ1n) is 4.84. The highest BCUT2D eigenvalue weighted by Crippen LogP contribution is 2.26. The lowest BCUT2D eigenvalue weighted by molar-refractivity contribution is -0.120. The molecule has 0 spiro atoms.